The minimum atomic E-state index is -0.488. The van der Waals surface area contributed by atoms with Gasteiger partial charge in [-0.1, -0.05) is 44.2 Å². The molecule has 1 aliphatic rings. The van der Waals surface area contributed by atoms with Gasteiger partial charge in [0.05, 0.1) is 12.5 Å². The molecule has 0 spiro atoms. The molecule has 1 aliphatic heterocycles. The van der Waals surface area contributed by atoms with Crippen molar-refractivity contribution in [1.82, 2.24) is 15.5 Å². The minimum Gasteiger partial charge on any atom is -0.449 e. The molecular weight excluding hydrogens is 334 g/mol. The van der Waals surface area contributed by atoms with Gasteiger partial charge in [-0.15, -0.1) is 0 Å². The van der Waals surface area contributed by atoms with Crippen molar-refractivity contribution in [3.05, 3.63) is 35.9 Å². The summed E-state index contributed by atoms with van der Waals surface area (Å²) in [4.78, 5) is 37.4. The second kappa shape index (κ2) is 9.79. The minimum absolute atomic E-state index is 0.00982. The van der Waals surface area contributed by atoms with E-state index >= 15 is 0 Å². The first-order valence-electron chi connectivity index (χ1n) is 8.95. The van der Waals surface area contributed by atoms with Crippen LogP contribution in [0.4, 0.5) is 4.79 Å². The zero-order valence-corrected chi connectivity index (χ0v) is 15.4. The number of amides is 3. The van der Waals surface area contributed by atoms with Gasteiger partial charge in [0.2, 0.25) is 11.8 Å². The lowest BCUT2D eigenvalue weighted by Gasteiger charge is -2.16. The first kappa shape index (κ1) is 19.8. The summed E-state index contributed by atoms with van der Waals surface area (Å²) in [5, 5.41) is 5.34. The average molecular weight is 361 g/mol. The van der Waals surface area contributed by atoms with Crippen LogP contribution in [0.25, 0.3) is 0 Å². The van der Waals surface area contributed by atoms with Crippen molar-refractivity contribution in [2.75, 3.05) is 26.2 Å². The fourth-order valence-corrected chi connectivity index (χ4v) is 2.69. The van der Waals surface area contributed by atoms with Crippen LogP contribution in [0, 0.1) is 11.8 Å². The van der Waals surface area contributed by atoms with E-state index in [1.165, 1.54) is 0 Å². The summed E-state index contributed by atoms with van der Waals surface area (Å²) < 4.78 is 4.98. The lowest BCUT2D eigenvalue weighted by Crippen LogP contribution is -2.38. The Morgan fingerprint density at radius 1 is 1.19 bits per heavy atom. The molecule has 0 bridgehead atoms. The van der Waals surface area contributed by atoms with E-state index in [1.54, 1.807) is 4.90 Å². The van der Waals surface area contributed by atoms with Gasteiger partial charge in [0.1, 0.15) is 0 Å². The van der Waals surface area contributed by atoms with Crippen molar-refractivity contribution in [3.63, 3.8) is 0 Å². The third-order valence-corrected chi connectivity index (χ3v) is 4.04. The van der Waals surface area contributed by atoms with Gasteiger partial charge >= 0.3 is 6.09 Å². The number of alkyl carbamates (subject to hydrolysis) is 1. The second-order valence-electron chi connectivity index (χ2n) is 6.87. The van der Waals surface area contributed by atoms with Crippen LogP contribution in [0.5, 0.6) is 0 Å². The van der Waals surface area contributed by atoms with Crippen molar-refractivity contribution >= 4 is 17.9 Å². The Hall–Kier alpha value is -2.57. The lowest BCUT2D eigenvalue weighted by atomic mass is 10.1. The third kappa shape index (κ3) is 6.38. The van der Waals surface area contributed by atoms with E-state index in [0.29, 0.717) is 26.2 Å². The number of rotatable bonds is 8. The zero-order valence-electron chi connectivity index (χ0n) is 15.4. The molecule has 3 amide bonds. The Morgan fingerprint density at radius 2 is 1.88 bits per heavy atom. The summed E-state index contributed by atoms with van der Waals surface area (Å²) in [6.07, 6.45) is -0.263. The number of ether oxygens (including phenoxy) is 1. The van der Waals surface area contributed by atoms with E-state index in [0.717, 1.165) is 5.56 Å². The molecule has 1 aromatic carbocycles. The number of benzene rings is 1. The van der Waals surface area contributed by atoms with Gasteiger partial charge in [-0.2, -0.15) is 0 Å². The summed E-state index contributed by atoms with van der Waals surface area (Å²) in [5.74, 6) is -0.242. The van der Waals surface area contributed by atoms with E-state index in [-0.39, 0.29) is 36.6 Å². The molecule has 1 aromatic rings. The second-order valence-corrected chi connectivity index (χ2v) is 6.87. The molecule has 1 atom stereocenters. The molecule has 2 rings (SSSR count). The highest BCUT2D eigenvalue weighted by atomic mass is 16.5. The quantitative estimate of drug-likeness (QED) is 0.688. The van der Waals surface area contributed by atoms with Crippen LogP contribution in [0.1, 0.15) is 25.8 Å². The van der Waals surface area contributed by atoms with E-state index in [2.05, 4.69) is 10.6 Å². The normalized spacial score (nSPS) is 16.7. The zero-order chi connectivity index (χ0) is 18.9. The number of nitrogens with zero attached hydrogens (tertiary/aromatic N) is 1. The van der Waals surface area contributed by atoms with Crippen LogP contribution in [-0.4, -0.2) is 49.0 Å². The molecule has 7 nitrogen and oxygen atoms in total. The van der Waals surface area contributed by atoms with Gasteiger partial charge < -0.3 is 20.3 Å². The van der Waals surface area contributed by atoms with Crippen molar-refractivity contribution < 1.29 is 19.1 Å². The molecule has 1 fully saturated rings. The molecule has 2 N–H and O–H groups in total. The summed E-state index contributed by atoms with van der Waals surface area (Å²) >= 11 is 0. The Labute approximate surface area is 154 Å². The number of nitrogens with one attached hydrogen (secondary N) is 2. The highest BCUT2D eigenvalue weighted by molar-refractivity contribution is 5.89. The standard InChI is InChI=1S/C19H27N3O4/c1-14(2)13-26-19(25)21-9-8-20-18(24)16-10-17(23)22(12-16)11-15-6-4-3-5-7-15/h3-7,14,16H,8-13H2,1-2H3,(H,20,24)(H,21,25). The summed E-state index contributed by atoms with van der Waals surface area (Å²) in [5.41, 5.74) is 1.05. The van der Waals surface area contributed by atoms with Crippen LogP contribution in [0.3, 0.4) is 0 Å². The van der Waals surface area contributed by atoms with Crippen molar-refractivity contribution in [3.8, 4) is 0 Å². The monoisotopic (exact) mass is 361 g/mol. The molecular formula is C19H27N3O4. The number of hydrogen-bond acceptors (Lipinski definition) is 4. The predicted molar refractivity (Wildman–Crippen MR) is 97.2 cm³/mol. The number of likely N-dealkylation sites (tertiary alicyclic amines) is 1. The molecule has 1 saturated heterocycles. The smallest absolute Gasteiger partial charge is 0.407 e. The highest BCUT2D eigenvalue weighted by Gasteiger charge is 2.33. The summed E-state index contributed by atoms with van der Waals surface area (Å²) in [6.45, 7) is 5.81. The van der Waals surface area contributed by atoms with E-state index in [9.17, 15) is 14.4 Å². The molecule has 7 heteroatoms. The van der Waals surface area contributed by atoms with Gasteiger partial charge in [-0.3, -0.25) is 9.59 Å². The Balaban J connectivity index is 1.67. The molecule has 0 aliphatic carbocycles. The summed E-state index contributed by atoms with van der Waals surface area (Å²) in [6, 6.07) is 9.71. The van der Waals surface area contributed by atoms with E-state index in [4.69, 9.17) is 4.74 Å². The van der Waals surface area contributed by atoms with Crippen LogP contribution < -0.4 is 10.6 Å². The molecule has 1 unspecified atom stereocenters. The van der Waals surface area contributed by atoms with Crippen LogP contribution in [0.2, 0.25) is 0 Å². The van der Waals surface area contributed by atoms with Crippen molar-refractivity contribution in [2.45, 2.75) is 26.8 Å². The van der Waals surface area contributed by atoms with Crippen molar-refractivity contribution in [2.24, 2.45) is 11.8 Å². The number of hydrogen-bond donors (Lipinski definition) is 2. The maximum absolute atomic E-state index is 12.2. The SMILES string of the molecule is CC(C)COC(=O)NCCNC(=O)C1CC(=O)N(Cc2ccccc2)C1. The van der Waals surface area contributed by atoms with Gasteiger partial charge in [-0.25, -0.2) is 4.79 Å². The first-order chi connectivity index (χ1) is 12.5. The predicted octanol–water partition coefficient (Wildman–Crippen LogP) is 1.53. The Kier molecular flexibility index (Phi) is 7.44. The van der Waals surface area contributed by atoms with Gasteiger partial charge in [0.15, 0.2) is 0 Å². The average Bonchev–Trinajstić information content (AvgIpc) is 2.98. The summed E-state index contributed by atoms with van der Waals surface area (Å²) in [7, 11) is 0. The Morgan fingerprint density at radius 3 is 2.58 bits per heavy atom. The number of carbonyl (C=O) groups is 3. The molecule has 142 valence electrons. The molecule has 1 heterocycles. The van der Waals surface area contributed by atoms with E-state index in [1.807, 2.05) is 44.2 Å². The fourth-order valence-electron chi connectivity index (χ4n) is 2.69. The molecule has 0 radical (unpaired) electrons. The number of carbonyl (C=O) groups excluding carboxylic acids is 3. The highest BCUT2D eigenvalue weighted by Crippen LogP contribution is 2.20. The maximum atomic E-state index is 12.2. The van der Waals surface area contributed by atoms with Crippen LogP contribution in [-0.2, 0) is 20.9 Å². The van der Waals surface area contributed by atoms with Crippen molar-refractivity contribution in [1.29, 1.82) is 0 Å². The van der Waals surface area contributed by atoms with Gasteiger partial charge in [-0.05, 0) is 11.5 Å². The molecule has 0 saturated carbocycles. The fraction of sp³-hybridized carbons (Fsp3) is 0.526. The topological polar surface area (TPSA) is 87.7 Å². The van der Waals surface area contributed by atoms with Crippen LogP contribution in [0.15, 0.2) is 30.3 Å². The molecule has 26 heavy (non-hydrogen) atoms. The largest absolute Gasteiger partial charge is 0.449 e. The third-order valence-electron chi connectivity index (χ3n) is 4.04. The lowest BCUT2D eigenvalue weighted by molar-refractivity contribution is -0.129. The van der Waals surface area contributed by atoms with E-state index < -0.39 is 6.09 Å². The maximum Gasteiger partial charge on any atom is 0.407 e. The van der Waals surface area contributed by atoms with Crippen LogP contribution >= 0.6 is 0 Å². The molecule has 0 aromatic heterocycles. The van der Waals surface area contributed by atoms with Gasteiger partial charge in [0.25, 0.3) is 0 Å². The Bertz CT molecular complexity index is 618. The van der Waals surface area contributed by atoms with Gasteiger partial charge in [0, 0.05) is 32.6 Å². The first-order valence-corrected chi connectivity index (χ1v) is 8.95.